The van der Waals surface area contributed by atoms with Gasteiger partial charge in [-0.15, -0.1) is 0 Å². The predicted octanol–water partition coefficient (Wildman–Crippen LogP) is 1.38. The second kappa shape index (κ2) is 12.0. The van der Waals surface area contributed by atoms with Gasteiger partial charge < -0.3 is 20.4 Å². The van der Waals surface area contributed by atoms with Crippen LogP contribution in [0.4, 0.5) is 0 Å². The Kier molecular flexibility index (Phi) is 10.3. The summed E-state index contributed by atoms with van der Waals surface area (Å²) in [6.45, 7) is 12.6. The van der Waals surface area contributed by atoms with Crippen LogP contribution in [0.25, 0.3) is 0 Å². The first kappa shape index (κ1) is 25.0. The highest BCUT2D eigenvalue weighted by molar-refractivity contribution is 5.06. The van der Waals surface area contributed by atoms with E-state index in [0.29, 0.717) is 5.54 Å². The van der Waals surface area contributed by atoms with Crippen molar-refractivity contribution < 1.29 is 0 Å². The van der Waals surface area contributed by atoms with E-state index < -0.39 is 0 Å². The van der Waals surface area contributed by atoms with Crippen LogP contribution in [0.15, 0.2) is 0 Å². The maximum absolute atomic E-state index is 3.37. The fourth-order valence-electron chi connectivity index (χ4n) is 4.95. The summed E-state index contributed by atoms with van der Waals surface area (Å²) >= 11 is 0. The van der Waals surface area contributed by atoms with Crippen molar-refractivity contribution in [2.45, 2.75) is 69.6 Å². The van der Waals surface area contributed by atoms with Gasteiger partial charge in [0.15, 0.2) is 0 Å². The fraction of sp³-hybridized carbons (Fsp3) is 1.00. The molecule has 5 saturated heterocycles. The standard InChI is InChI=1S/C8H16N2.C7H16N2.C6H12N2.C2H6/c1-9-5-6-10(2)8(7-9)3-4-8;1-9(2)7-3-5-8-6-4-7;1-8-5-2-6(8)4-7-3-5;1-2/h3-7H2,1-2H3;7-8H,3-6H2,1-2H3;5-7H,2-4H2,1H3;1-2H3. The first-order valence-electron chi connectivity index (χ1n) is 12.1. The van der Waals surface area contributed by atoms with Gasteiger partial charge in [-0.1, -0.05) is 13.8 Å². The van der Waals surface area contributed by atoms with Crippen LogP contribution in [0.2, 0.25) is 0 Å². The molecule has 2 atom stereocenters. The summed E-state index contributed by atoms with van der Waals surface area (Å²) in [5, 5.41) is 6.72. The van der Waals surface area contributed by atoms with Gasteiger partial charge in [-0.2, -0.15) is 0 Å². The first-order chi connectivity index (χ1) is 13.9. The van der Waals surface area contributed by atoms with E-state index in [4.69, 9.17) is 0 Å². The Bertz CT molecular complexity index is 433. The van der Waals surface area contributed by atoms with Gasteiger partial charge in [0.25, 0.3) is 0 Å². The molecule has 6 nitrogen and oxygen atoms in total. The molecule has 172 valence electrons. The highest BCUT2D eigenvalue weighted by Crippen LogP contribution is 2.42. The van der Waals surface area contributed by atoms with E-state index in [0.717, 1.165) is 18.1 Å². The van der Waals surface area contributed by atoms with E-state index in [1.165, 1.54) is 77.9 Å². The Morgan fingerprint density at radius 1 is 0.862 bits per heavy atom. The zero-order valence-corrected chi connectivity index (χ0v) is 20.5. The van der Waals surface area contributed by atoms with Crippen molar-refractivity contribution >= 4 is 0 Å². The molecule has 29 heavy (non-hydrogen) atoms. The van der Waals surface area contributed by atoms with Crippen molar-refractivity contribution in [3.8, 4) is 0 Å². The zero-order valence-electron chi connectivity index (χ0n) is 20.5. The second-order valence-electron chi connectivity index (χ2n) is 9.70. The monoisotopic (exact) mass is 410 g/mol. The number of likely N-dealkylation sites (N-methyl/N-ethyl adjacent to an activating group) is 3. The summed E-state index contributed by atoms with van der Waals surface area (Å²) in [6.07, 6.45) is 6.91. The third-order valence-electron chi connectivity index (χ3n) is 7.51. The zero-order chi connectivity index (χ0) is 21.4. The number of hydrogen-bond donors (Lipinski definition) is 2. The summed E-state index contributed by atoms with van der Waals surface area (Å²) < 4.78 is 0. The van der Waals surface area contributed by atoms with Gasteiger partial charge in [0.1, 0.15) is 0 Å². The molecule has 1 saturated carbocycles. The first-order valence-corrected chi connectivity index (χ1v) is 12.1. The van der Waals surface area contributed by atoms with Crippen LogP contribution in [0.3, 0.4) is 0 Å². The van der Waals surface area contributed by atoms with Gasteiger partial charge in [-0.3, -0.25) is 9.80 Å². The molecule has 6 heteroatoms. The Morgan fingerprint density at radius 3 is 1.79 bits per heavy atom. The average molecular weight is 411 g/mol. The molecular weight excluding hydrogens is 360 g/mol. The molecule has 1 spiro atoms. The van der Waals surface area contributed by atoms with E-state index in [1.54, 1.807) is 0 Å². The summed E-state index contributed by atoms with van der Waals surface area (Å²) in [7, 11) is 11.0. The molecule has 0 aromatic heterocycles. The van der Waals surface area contributed by atoms with Gasteiger partial charge in [-0.05, 0) is 80.4 Å². The summed E-state index contributed by atoms with van der Waals surface area (Å²) in [6, 6.07) is 2.56. The van der Waals surface area contributed by atoms with Gasteiger partial charge in [0.2, 0.25) is 0 Å². The molecule has 6 fully saturated rings. The molecule has 5 heterocycles. The molecule has 0 aromatic rings. The van der Waals surface area contributed by atoms with Crippen molar-refractivity contribution in [1.29, 1.82) is 0 Å². The topological polar surface area (TPSA) is 37.0 Å². The SMILES string of the molecule is CC.CN(C)C1CCNCC1.CN1C2CNCC1C2.CN1CCN(C)C2(CC2)C1. The van der Waals surface area contributed by atoms with Gasteiger partial charge in [-0.25, -0.2) is 0 Å². The summed E-state index contributed by atoms with van der Waals surface area (Å²) in [5.41, 5.74) is 0.618. The molecule has 0 aromatic carbocycles. The minimum absolute atomic E-state index is 0.618. The van der Waals surface area contributed by atoms with Crippen LogP contribution in [-0.4, -0.2) is 124 Å². The Morgan fingerprint density at radius 2 is 1.45 bits per heavy atom. The highest BCUT2D eigenvalue weighted by Gasteiger charge is 2.48. The number of piperazine rings is 2. The summed E-state index contributed by atoms with van der Waals surface area (Å²) in [4.78, 5) is 9.78. The van der Waals surface area contributed by atoms with Crippen LogP contribution >= 0.6 is 0 Å². The van der Waals surface area contributed by atoms with Crippen molar-refractivity contribution in [2.75, 3.05) is 81.1 Å². The fourth-order valence-corrected chi connectivity index (χ4v) is 4.95. The van der Waals surface area contributed by atoms with E-state index in [1.807, 2.05) is 13.8 Å². The Labute approximate surface area is 181 Å². The van der Waals surface area contributed by atoms with Gasteiger partial charge in [0.05, 0.1) is 0 Å². The van der Waals surface area contributed by atoms with Crippen molar-refractivity contribution in [1.82, 2.24) is 30.2 Å². The minimum Gasteiger partial charge on any atom is -0.317 e. The van der Waals surface area contributed by atoms with E-state index in [-0.39, 0.29) is 0 Å². The second-order valence-corrected chi connectivity index (χ2v) is 9.70. The van der Waals surface area contributed by atoms with E-state index in [2.05, 4.69) is 65.5 Å². The molecule has 2 N–H and O–H groups in total. The lowest BCUT2D eigenvalue weighted by Gasteiger charge is -2.51. The molecule has 5 aliphatic heterocycles. The maximum Gasteiger partial charge on any atom is 0.0335 e. The average Bonchev–Trinajstić information content (AvgIpc) is 3.54. The lowest BCUT2D eigenvalue weighted by Crippen LogP contribution is -2.66. The molecule has 2 bridgehead atoms. The molecular formula is C23H50N6. The van der Waals surface area contributed by atoms with Gasteiger partial charge in [0, 0.05) is 56.4 Å². The smallest absolute Gasteiger partial charge is 0.0335 e. The van der Waals surface area contributed by atoms with E-state index in [9.17, 15) is 0 Å². The highest BCUT2D eigenvalue weighted by atomic mass is 15.3. The molecule has 6 aliphatic rings. The van der Waals surface area contributed by atoms with Crippen LogP contribution in [-0.2, 0) is 0 Å². The number of nitrogens with zero attached hydrogens (tertiary/aromatic N) is 4. The number of hydrogen-bond acceptors (Lipinski definition) is 6. The van der Waals surface area contributed by atoms with Crippen LogP contribution < -0.4 is 10.6 Å². The normalized spacial score (nSPS) is 31.4. The lowest BCUT2D eigenvalue weighted by molar-refractivity contribution is 0.0125. The third-order valence-corrected chi connectivity index (χ3v) is 7.51. The number of nitrogens with one attached hydrogen (secondary N) is 2. The minimum atomic E-state index is 0.618. The van der Waals surface area contributed by atoms with Crippen molar-refractivity contribution in [2.24, 2.45) is 0 Å². The third kappa shape index (κ3) is 7.15. The van der Waals surface area contributed by atoms with Gasteiger partial charge >= 0.3 is 0 Å². The number of fused-ring (bicyclic) bond motifs is 2. The molecule has 2 unspecified atom stereocenters. The molecule has 6 rings (SSSR count). The quantitative estimate of drug-likeness (QED) is 0.680. The number of rotatable bonds is 1. The van der Waals surface area contributed by atoms with E-state index >= 15 is 0 Å². The van der Waals surface area contributed by atoms with Crippen LogP contribution in [0, 0.1) is 0 Å². The summed E-state index contributed by atoms with van der Waals surface area (Å²) in [5.74, 6) is 0. The molecule has 1 aliphatic carbocycles. The lowest BCUT2D eigenvalue weighted by atomic mass is 9.90. The predicted molar refractivity (Wildman–Crippen MR) is 126 cm³/mol. The largest absolute Gasteiger partial charge is 0.317 e. The molecule has 0 amide bonds. The molecule has 0 radical (unpaired) electrons. The Balaban J connectivity index is 0.000000149. The Hall–Kier alpha value is -0.240. The van der Waals surface area contributed by atoms with Crippen molar-refractivity contribution in [3.05, 3.63) is 0 Å². The van der Waals surface area contributed by atoms with Crippen LogP contribution in [0.1, 0.15) is 46.0 Å². The van der Waals surface area contributed by atoms with Crippen LogP contribution in [0.5, 0.6) is 0 Å². The van der Waals surface area contributed by atoms with Crippen molar-refractivity contribution in [3.63, 3.8) is 0 Å². The number of piperidine rings is 2. The maximum atomic E-state index is 3.37.